The van der Waals surface area contributed by atoms with Crippen molar-refractivity contribution in [2.75, 3.05) is 7.05 Å². The van der Waals surface area contributed by atoms with Crippen LogP contribution in [0.4, 0.5) is 3.89 Å². The first-order chi connectivity index (χ1) is 6.82. The van der Waals surface area contributed by atoms with Gasteiger partial charge in [-0.15, -0.1) is 0 Å². The summed E-state index contributed by atoms with van der Waals surface area (Å²) >= 11 is 5.62. The van der Waals surface area contributed by atoms with Crippen molar-refractivity contribution in [1.29, 1.82) is 0 Å². The van der Waals surface area contributed by atoms with Gasteiger partial charge in [0.25, 0.3) is 0 Å². The Labute approximate surface area is 93.0 Å². The Hall–Kier alpha value is -0.720. The van der Waals surface area contributed by atoms with Crippen LogP contribution in [0.5, 0.6) is 0 Å². The Morgan fingerprint density at radius 3 is 2.53 bits per heavy atom. The summed E-state index contributed by atoms with van der Waals surface area (Å²) in [4.78, 5) is 3.91. The van der Waals surface area contributed by atoms with Crippen LogP contribution in [0.15, 0.2) is 18.3 Å². The van der Waals surface area contributed by atoms with Crippen LogP contribution >= 0.6 is 11.6 Å². The van der Waals surface area contributed by atoms with Gasteiger partial charge in [-0.25, -0.2) is 0 Å². The first-order valence-corrected chi connectivity index (χ1v) is 5.83. The molecule has 1 aromatic heterocycles. The minimum absolute atomic E-state index is 0.433. The molecule has 0 bridgehead atoms. The minimum Gasteiger partial charge on any atom is -0.258 e. The molecule has 1 heterocycles. The molecule has 0 N–H and O–H groups in total. The Balaban J connectivity index is 2.95. The van der Waals surface area contributed by atoms with Gasteiger partial charge in [0.05, 0.1) is 16.8 Å². The summed E-state index contributed by atoms with van der Waals surface area (Å²) in [6, 6.07) is 2.45. The minimum atomic E-state index is -4.70. The van der Waals surface area contributed by atoms with Crippen molar-refractivity contribution in [3.8, 4) is 0 Å². The van der Waals surface area contributed by atoms with E-state index in [0.717, 1.165) is 7.05 Å². The van der Waals surface area contributed by atoms with Crippen molar-refractivity contribution < 1.29 is 12.3 Å². The van der Waals surface area contributed by atoms with E-state index in [1.807, 2.05) is 0 Å². The van der Waals surface area contributed by atoms with E-state index >= 15 is 0 Å². The number of hydrogen-bond donors (Lipinski definition) is 0. The van der Waals surface area contributed by atoms with Gasteiger partial charge in [-0.05, 0) is 19.1 Å². The zero-order valence-corrected chi connectivity index (χ0v) is 9.76. The molecule has 0 spiro atoms. The van der Waals surface area contributed by atoms with E-state index in [-0.39, 0.29) is 0 Å². The fourth-order valence-electron chi connectivity index (χ4n) is 1.01. The molecule has 0 aromatic carbocycles. The summed E-state index contributed by atoms with van der Waals surface area (Å²) in [6.07, 6.45) is 1.38. The van der Waals surface area contributed by atoms with Crippen LogP contribution in [0.2, 0.25) is 5.02 Å². The Bertz CT molecular complexity index is 434. The van der Waals surface area contributed by atoms with E-state index in [9.17, 15) is 12.3 Å². The average molecular weight is 253 g/mol. The Kier molecular flexibility index (Phi) is 3.64. The lowest BCUT2D eigenvalue weighted by atomic mass is 10.2. The molecule has 0 amide bonds. The van der Waals surface area contributed by atoms with Crippen LogP contribution in [0.1, 0.15) is 18.7 Å². The molecule has 4 nitrogen and oxygen atoms in total. The fourth-order valence-corrected chi connectivity index (χ4v) is 1.61. The predicted octanol–water partition coefficient (Wildman–Crippen LogP) is 1.94. The van der Waals surface area contributed by atoms with Gasteiger partial charge >= 0.3 is 10.4 Å². The highest BCUT2D eigenvalue weighted by Gasteiger charge is 2.24. The molecule has 0 saturated carbocycles. The molecule has 0 radical (unpaired) electrons. The summed E-state index contributed by atoms with van der Waals surface area (Å²) in [5.74, 6) is 0. The number of aromatic nitrogens is 1. The average Bonchev–Trinajstić information content (AvgIpc) is 2.15. The highest BCUT2D eigenvalue weighted by molar-refractivity contribution is 7.83. The van der Waals surface area contributed by atoms with Crippen LogP contribution in [-0.4, -0.2) is 24.8 Å². The molecule has 0 saturated heterocycles. The molecule has 1 rings (SSSR count). The first-order valence-electron chi connectivity index (χ1n) is 4.11. The summed E-state index contributed by atoms with van der Waals surface area (Å²) in [7, 11) is -3.55. The van der Waals surface area contributed by atoms with E-state index in [2.05, 4.69) is 4.98 Å². The van der Waals surface area contributed by atoms with Crippen molar-refractivity contribution in [2.45, 2.75) is 13.0 Å². The van der Waals surface area contributed by atoms with Gasteiger partial charge in [-0.1, -0.05) is 15.5 Å². The fraction of sp³-hybridized carbons (Fsp3) is 0.375. The van der Waals surface area contributed by atoms with Crippen molar-refractivity contribution in [3.63, 3.8) is 0 Å². The summed E-state index contributed by atoms with van der Waals surface area (Å²) in [5.41, 5.74) is 0.433. The summed E-state index contributed by atoms with van der Waals surface area (Å²) in [6.45, 7) is 1.54. The molecule has 84 valence electrons. The Morgan fingerprint density at radius 1 is 1.53 bits per heavy atom. The van der Waals surface area contributed by atoms with Gasteiger partial charge in [-0.2, -0.15) is 12.7 Å². The van der Waals surface area contributed by atoms with E-state index in [0.29, 0.717) is 15.0 Å². The predicted molar refractivity (Wildman–Crippen MR) is 55.5 cm³/mol. The first kappa shape index (κ1) is 12.4. The van der Waals surface area contributed by atoms with Crippen molar-refractivity contribution >= 4 is 22.0 Å². The maximum absolute atomic E-state index is 12.6. The van der Waals surface area contributed by atoms with Crippen molar-refractivity contribution in [3.05, 3.63) is 29.0 Å². The van der Waals surface area contributed by atoms with Gasteiger partial charge in [0.1, 0.15) is 0 Å². The molecule has 1 unspecified atom stereocenters. The molecule has 0 fully saturated rings. The van der Waals surface area contributed by atoms with Gasteiger partial charge in [0, 0.05) is 13.2 Å². The SMILES string of the molecule is CC(c1ccc(Cl)cn1)N(C)S(=O)(=O)F. The largest absolute Gasteiger partial charge is 0.375 e. The number of rotatable bonds is 3. The van der Waals surface area contributed by atoms with Crippen LogP contribution in [0.3, 0.4) is 0 Å². The Morgan fingerprint density at radius 2 is 2.13 bits per heavy atom. The molecule has 0 aliphatic carbocycles. The quantitative estimate of drug-likeness (QED) is 0.773. The summed E-state index contributed by atoms with van der Waals surface area (Å²) in [5, 5.41) is 0.441. The third-order valence-corrected chi connectivity index (χ3v) is 3.30. The van der Waals surface area contributed by atoms with E-state index in [1.165, 1.54) is 13.1 Å². The maximum atomic E-state index is 12.6. The lowest BCUT2D eigenvalue weighted by Crippen LogP contribution is -2.26. The lowest BCUT2D eigenvalue weighted by Gasteiger charge is -2.19. The lowest BCUT2D eigenvalue weighted by molar-refractivity contribution is 0.367. The highest BCUT2D eigenvalue weighted by Crippen LogP contribution is 2.21. The zero-order valence-electron chi connectivity index (χ0n) is 8.18. The monoisotopic (exact) mass is 252 g/mol. The van der Waals surface area contributed by atoms with Crippen LogP contribution in [0.25, 0.3) is 0 Å². The number of pyridine rings is 1. The van der Waals surface area contributed by atoms with E-state index in [1.54, 1.807) is 12.1 Å². The zero-order chi connectivity index (χ0) is 11.6. The molecule has 15 heavy (non-hydrogen) atoms. The topological polar surface area (TPSA) is 50.3 Å². The number of nitrogens with zero attached hydrogens (tertiary/aromatic N) is 2. The van der Waals surface area contributed by atoms with Gasteiger partial charge in [-0.3, -0.25) is 4.98 Å². The molecule has 1 atom stereocenters. The molecular formula is C8H10ClFN2O2S. The second kappa shape index (κ2) is 4.42. The van der Waals surface area contributed by atoms with Gasteiger partial charge in [0.15, 0.2) is 0 Å². The smallest absolute Gasteiger partial charge is 0.258 e. The molecular weight excluding hydrogens is 243 g/mol. The maximum Gasteiger partial charge on any atom is 0.375 e. The van der Waals surface area contributed by atoms with Gasteiger partial charge in [0.2, 0.25) is 0 Å². The standard InChI is InChI=1S/C8H10ClFN2O2S/c1-6(12(2)15(10,13)14)8-4-3-7(9)5-11-8/h3-6H,1-2H3. The van der Waals surface area contributed by atoms with Crippen LogP contribution in [-0.2, 0) is 10.4 Å². The van der Waals surface area contributed by atoms with E-state index in [4.69, 9.17) is 11.6 Å². The normalized spacial score (nSPS) is 14.2. The number of hydrogen-bond acceptors (Lipinski definition) is 3. The molecule has 7 heteroatoms. The van der Waals surface area contributed by atoms with Crippen molar-refractivity contribution in [1.82, 2.24) is 9.29 Å². The van der Waals surface area contributed by atoms with Crippen LogP contribution < -0.4 is 0 Å². The summed E-state index contributed by atoms with van der Waals surface area (Å²) < 4.78 is 34.5. The van der Waals surface area contributed by atoms with Crippen molar-refractivity contribution in [2.24, 2.45) is 0 Å². The van der Waals surface area contributed by atoms with Gasteiger partial charge < -0.3 is 0 Å². The second-order valence-electron chi connectivity index (χ2n) is 3.04. The highest BCUT2D eigenvalue weighted by atomic mass is 35.5. The molecule has 1 aromatic rings. The molecule has 0 aliphatic heterocycles. The third kappa shape index (κ3) is 3.12. The molecule has 0 aliphatic rings. The third-order valence-electron chi connectivity index (χ3n) is 2.07. The second-order valence-corrected chi connectivity index (χ2v) is 4.87. The van der Waals surface area contributed by atoms with E-state index < -0.39 is 16.5 Å². The number of halogens is 2. The van der Waals surface area contributed by atoms with Crippen LogP contribution in [0, 0.1) is 0 Å².